The number of aromatic nitrogens is 3. The van der Waals surface area contributed by atoms with E-state index >= 15 is 0 Å². The van der Waals surface area contributed by atoms with Crippen LogP contribution in [0.4, 0.5) is 11.6 Å². The first-order valence-electron chi connectivity index (χ1n) is 11.6. The van der Waals surface area contributed by atoms with Gasteiger partial charge in [0, 0.05) is 68.8 Å². The molecule has 11 nitrogen and oxygen atoms in total. The number of anilines is 2. The summed E-state index contributed by atoms with van der Waals surface area (Å²) in [6.45, 7) is 6.01. The molecule has 11 heteroatoms. The number of rotatable bonds is 6. The van der Waals surface area contributed by atoms with E-state index in [2.05, 4.69) is 37.2 Å². The van der Waals surface area contributed by atoms with Gasteiger partial charge in [0.15, 0.2) is 0 Å². The molecule has 1 aliphatic carbocycles. The molecule has 1 saturated carbocycles. The van der Waals surface area contributed by atoms with Crippen molar-refractivity contribution in [1.82, 2.24) is 25.0 Å². The maximum absolute atomic E-state index is 12.8. The lowest BCUT2D eigenvalue weighted by Gasteiger charge is -2.13. The van der Waals surface area contributed by atoms with Gasteiger partial charge in [0.2, 0.25) is 5.91 Å². The average Bonchev–Trinajstić information content (AvgIpc) is 3.55. The minimum Gasteiger partial charge on any atom is -0.383 e. The van der Waals surface area contributed by atoms with E-state index < -0.39 is 0 Å². The molecule has 2 amide bonds. The predicted molar refractivity (Wildman–Crippen MR) is 138 cm³/mol. The lowest BCUT2D eigenvalue weighted by atomic mass is 10.0. The third-order valence-electron chi connectivity index (χ3n) is 6.74. The van der Waals surface area contributed by atoms with Gasteiger partial charge in [-0.05, 0) is 48.4 Å². The predicted octanol–water partition coefficient (Wildman–Crippen LogP) is 2.39. The van der Waals surface area contributed by atoms with Crippen molar-refractivity contribution in [3.63, 3.8) is 0 Å². The monoisotopic (exact) mass is 485 g/mol. The number of nitrogens with one attached hydrogen (secondary N) is 1. The van der Waals surface area contributed by atoms with Crippen LogP contribution in [0.25, 0.3) is 22.0 Å². The number of carbonyl (C=O) groups is 2. The second kappa shape index (κ2) is 8.99. The summed E-state index contributed by atoms with van der Waals surface area (Å²) in [5.74, 6) is 0.992. The number of nitrogen functional groups attached to an aromatic ring is 1. The number of fused-ring (bicyclic) bond motifs is 1. The minimum absolute atomic E-state index is 0.0314. The third kappa shape index (κ3) is 4.35. The summed E-state index contributed by atoms with van der Waals surface area (Å²) < 4.78 is 0. The van der Waals surface area contributed by atoms with Crippen LogP contribution in [0, 0.1) is 24.7 Å². The van der Waals surface area contributed by atoms with Crippen molar-refractivity contribution in [2.75, 3.05) is 31.7 Å². The largest absolute Gasteiger partial charge is 0.383 e. The van der Waals surface area contributed by atoms with Crippen LogP contribution < -0.4 is 11.1 Å². The Morgan fingerprint density at radius 1 is 1.25 bits per heavy atom. The van der Waals surface area contributed by atoms with E-state index in [4.69, 9.17) is 5.73 Å². The Kier molecular flexibility index (Phi) is 5.83. The molecule has 1 fully saturated rings. The highest BCUT2D eigenvalue weighted by Crippen LogP contribution is 2.45. The molecule has 4 heterocycles. The highest BCUT2D eigenvalue weighted by Gasteiger charge is 2.48. The number of nitrogens with two attached hydrogens (primary N) is 1. The van der Waals surface area contributed by atoms with Gasteiger partial charge in [-0.25, -0.2) is 15.0 Å². The zero-order valence-electron chi connectivity index (χ0n) is 20.3. The van der Waals surface area contributed by atoms with Crippen molar-refractivity contribution in [3.8, 4) is 11.3 Å². The summed E-state index contributed by atoms with van der Waals surface area (Å²) in [7, 11) is 3.46. The fourth-order valence-electron chi connectivity index (χ4n) is 4.60. The third-order valence-corrected chi connectivity index (χ3v) is 6.74. The van der Waals surface area contributed by atoms with Gasteiger partial charge in [0.05, 0.1) is 5.69 Å². The van der Waals surface area contributed by atoms with Gasteiger partial charge in [-0.15, -0.1) is 0 Å². The van der Waals surface area contributed by atoms with E-state index in [1.807, 2.05) is 30.4 Å². The SMILES string of the molecule is C=NN(C)C(=O)c1ncc(-c2cc3cc(NC(=O)[C@H]4C[C@@H]4C4C=NN(C)C4)ncc3c(N)n2)cc1C. The maximum Gasteiger partial charge on any atom is 0.292 e. The fourth-order valence-corrected chi connectivity index (χ4v) is 4.60. The maximum atomic E-state index is 12.8. The fraction of sp³-hybridized carbons (Fsp3) is 0.320. The number of hydrogen-bond acceptors (Lipinski definition) is 9. The van der Waals surface area contributed by atoms with E-state index in [1.54, 1.807) is 25.4 Å². The zero-order chi connectivity index (χ0) is 25.6. The summed E-state index contributed by atoms with van der Waals surface area (Å²) in [6.07, 6.45) is 5.99. The van der Waals surface area contributed by atoms with E-state index in [-0.39, 0.29) is 23.4 Å². The lowest BCUT2D eigenvalue weighted by Crippen LogP contribution is -2.22. The van der Waals surface area contributed by atoms with Gasteiger partial charge >= 0.3 is 0 Å². The number of hydrazone groups is 2. The number of aryl methyl sites for hydroxylation is 1. The molecular weight excluding hydrogens is 458 g/mol. The van der Waals surface area contributed by atoms with Crippen LogP contribution in [-0.2, 0) is 4.79 Å². The highest BCUT2D eigenvalue weighted by atomic mass is 16.2. The van der Waals surface area contributed by atoms with Crippen molar-refractivity contribution >= 4 is 47.2 Å². The van der Waals surface area contributed by atoms with Crippen LogP contribution in [0.2, 0.25) is 0 Å². The summed E-state index contributed by atoms with van der Waals surface area (Å²) in [5, 5.41) is 15.4. The topological polar surface area (TPSA) is 142 Å². The number of nitrogens with zero attached hydrogens (tertiary/aromatic N) is 7. The molecule has 3 aromatic rings. The number of hydrogen-bond donors (Lipinski definition) is 2. The van der Waals surface area contributed by atoms with Crippen LogP contribution in [-0.4, -0.2) is 70.4 Å². The van der Waals surface area contributed by atoms with Crippen LogP contribution in [0.5, 0.6) is 0 Å². The minimum atomic E-state index is -0.350. The normalized spacial score (nSPS) is 20.4. The van der Waals surface area contributed by atoms with Crippen molar-refractivity contribution in [3.05, 3.63) is 41.9 Å². The average molecular weight is 486 g/mol. The summed E-state index contributed by atoms with van der Waals surface area (Å²) in [5.41, 5.74) is 8.48. The molecular formula is C25H27N9O2. The smallest absolute Gasteiger partial charge is 0.292 e. The summed E-state index contributed by atoms with van der Waals surface area (Å²) in [6, 6.07) is 5.48. The van der Waals surface area contributed by atoms with Gasteiger partial charge in [-0.3, -0.25) is 19.6 Å². The molecule has 1 unspecified atom stereocenters. The molecule has 36 heavy (non-hydrogen) atoms. The van der Waals surface area contributed by atoms with Gasteiger partial charge in [0.1, 0.15) is 17.3 Å². The molecule has 184 valence electrons. The quantitative estimate of drug-likeness (QED) is 0.403. The first-order valence-corrected chi connectivity index (χ1v) is 11.6. The molecule has 2 aliphatic rings. The standard InChI is InChI=1S/C25H27N9O2/c1-13-5-15(9-29-22(13)25(36)34(4)27-2)20-6-14-7-21(28-11-19(14)23(26)31-20)32-24(35)18-8-17(18)16-10-30-33(3)12-16/h5-7,9-11,16-18H,2,8,12H2,1,3-4H3,(H2,26,31)(H,28,32,35)/t16?,17-,18+/m1/s1. The van der Waals surface area contributed by atoms with E-state index in [0.29, 0.717) is 45.7 Å². The van der Waals surface area contributed by atoms with Crippen molar-refractivity contribution in [2.24, 2.45) is 28.0 Å². The molecule has 0 aromatic carbocycles. The Hall–Kier alpha value is -4.41. The second-order valence-corrected chi connectivity index (χ2v) is 9.31. The first kappa shape index (κ1) is 23.3. The van der Waals surface area contributed by atoms with Gasteiger partial charge < -0.3 is 11.1 Å². The first-order chi connectivity index (χ1) is 17.2. The van der Waals surface area contributed by atoms with Crippen LogP contribution in [0.1, 0.15) is 22.5 Å². The molecule has 0 saturated heterocycles. The summed E-state index contributed by atoms with van der Waals surface area (Å²) in [4.78, 5) is 38.4. The Morgan fingerprint density at radius 2 is 2.06 bits per heavy atom. The van der Waals surface area contributed by atoms with E-state index in [9.17, 15) is 9.59 Å². The molecule has 3 N–H and O–H groups in total. The van der Waals surface area contributed by atoms with E-state index in [1.165, 1.54) is 7.05 Å². The molecule has 5 rings (SSSR count). The van der Waals surface area contributed by atoms with Gasteiger partial charge in [-0.2, -0.15) is 10.2 Å². The van der Waals surface area contributed by atoms with E-state index in [0.717, 1.165) is 23.4 Å². The number of amides is 2. The molecule has 3 atom stereocenters. The summed E-state index contributed by atoms with van der Waals surface area (Å²) >= 11 is 0. The van der Waals surface area contributed by atoms with Crippen molar-refractivity contribution < 1.29 is 9.59 Å². The Bertz CT molecular complexity index is 1420. The number of carbonyl (C=O) groups excluding carboxylic acids is 2. The molecule has 0 bridgehead atoms. The Morgan fingerprint density at radius 3 is 2.75 bits per heavy atom. The molecule has 3 aromatic heterocycles. The molecule has 0 radical (unpaired) electrons. The lowest BCUT2D eigenvalue weighted by molar-refractivity contribution is -0.117. The Labute approximate surface area is 208 Å². The van der Waals surface area contributed by atoms with Gasteiger partial charge in [-0.1, -0.05) is 0 Å². The van der Waals surface area contributed by atoms with Crippen molar-refractivity contribution in [2.45, 2.75) is 13.3 Å². The number of pyridine rings is 3. The zero-order valence-corrected chi connectivity index (χ0v) is 20.3. The van der Waals surface area contributed by atoms with Crippen LogP contribution in [0.3, 0.4) is 0 Å². The molecule has 1 aliphatic heterocycles. The second-order valence-electron chi connectivity index (χ2n) is 9.31. The molecule has 0 spiro atoms. The van der Waals surface area contributed by atoms with Gasteiger partial charge in [0.25, 0.3) is 5.91 Å². The highest BCUT2D eigenvalue weighted by molar-refractivity contribution is 5.99. The van der Waals surface area contributed by atoms with Crippen molar-refractivity contribution in [1.29, 1.82) is 0 Å². The van der Waals surface area contributed by atoms with Crippen LogP contribution >= 0.6 is 0 Å². The van der Waals surface area contributed by atoms with Crippen LogP contribution in [0.15, 0.2) is 40.8 Å². The Balaban J connectivity index is 1.37.